The van der Waals surface area contributed by atoms with Gasteiger partial charge in [-0.05, 0) is 30.9 Å². The van der Waals surface area contributed by atoms with Gasteiger partial charge in [-0.1, -0.05) is 11.6 Å². The number of halogens is 1. The van der Waals surface area contributed by atoms with Crippen molar-refractivity contribution in [1.82, 2.24) is 4.98 Å². The third-order valence-corrected chi connectivity index (χ3v) is 1.91. The standard InChI is InChI=1S/C7H8ClN/c8-7-4-3-6(9-7)5-1-2-5/h3-5,9H,1-2H2. The van der Waals surface area contributed by atoms with Gasteiger partial charge in [0.05, 0.1) is 0 Å². The molecule has 0 atom stereocenters. The van der Waals surface area contributed by atoms with Crippen molar-refractivity contribution in [3.63, 3.8) is 0 Å². The minimum atomic E-state index is 0.761. The van der Waals surface area contributed by atoms with Crippen LogP contribution in [0.15, 0.2) is 12.1 Å². The molecule has 0 aliphatic heterocycles. The van der Waals surface area contributed by atoms with E-state index in [2.05, 4.69) is 11.1 Å². The lowest BCUT2D eigenvalue weighted by Gasteiger charge is -1.86. The molecule has 48 valence electrons. The van der Waals surface area contributed by atoms with Crippen LogP contribution in [0.3, 0.4) is 0 Å². The summed E-state index contributed by atoms with van der Waals surface area (Å²) in [4.78, 5) is 3.10. The number of rotatable bonds is 1. The van der Waals surface area contributed by atoms with Crippen LogP contribution in [0.5, 0.6) is 0 Å². The van der Waals surface area contributed by atoms with Gasteiger partial charge >= 0.3 is 0 Å². The maximum atomic E-state index is 5.68. The van der Waals surface area contributed by atoms with Crippen LogP contribution in [0.1, 0.15) is 24.5 Å². The third-order valence-electron chi connectivity index (χ3n) is 1.69. The first-order valence-electron chi connectivity index (χ1n) is 3.20. The largest absolute Gasteiger partial charge is 0.349 e. The molecule has 1 aliphatic rings. The van der Waals surface area contributed by atoms with Crippen LogP contribution in [0.2, 0.25) is 5.15 Å². The van der Waals surface area contributed by atoms with Gasteiger partial charge in [-0.25, -0.2) is 0 Å². The molecule has 9 heavy (non-hydrogen) atoms. The number of H-pyrrole nitrogens is 1. The van der Waals surface area contributed by atoms with Crippen LogP contribution >= 0.6 is 11.6 Å². The summed E-state index contributed by atoms with van der Waals surface area (Å²) in [5.41, 5.74) is 1.31. The first-order chi connectivity index (χ1) is 4.36. The van der Waals surface area contributed by atoms with Gasteiger partial charge in [0.2, 0.25) is 0 Å². The Balaban J connectivity index is 2.28. The van der Waals surface area contributed by atoms with Gasteiger partial charge in [-0.15, -0.1) is 0 Å². The first kappa shape index (κ1) is 5.36. The molecule has 2 rings (SSSR count). The molecule has 1 aliphatic carbocycles. The Morgan fingerprint density at radius 2 is 2.22 bits per heavy atom. The van der Waals surface area contributed by atoms with Gasteiger partial charge in [0, 0.05) is 5.69 Å². The fraction of sp³-hybridized carbons (Fsp3) is 0.429. The predicted molar refractivity (Wildman–Crippen MR) is 37.8 cm³/mol. The summed E-state index contributed by atoms with van der Waals surface area (Å²) in [7, 11) is 0. The van der Waals surface area contributed by atoms with E-state index in [0.29, 0.717) is 0 Å². The van der Waals surface area contributed by atoms with Crippen molar-refractivity contribution in [3.8, 4) is 0 Å². The van der Waals surface area contributed by atoms with Crippen LogP contribution in [0.4, 0.5) is 0 Å². The second-order valence-corrected chi connectivity index (χ2v) is 2.94. The molecule has 1 aromatic heterocycles. The number of hydrogen-bond donors (Lipinski definition) is 1. The van der Waals surface area contributed by atoms with E-state index in [9.17, 15) is 0 Å². The van der Waals surface area contributed by atoms with Crippen molar-refractivity contribution < 1.29 is 0 Å². The second-order valence-electron chi connectivity index (χ2n) is 2.54. The number of aromatic nitrogens is 1. The maximum absolute atomic E-state index is 5.68. The molecule has 1 heterocycles. The fourth-order valence-corrected chi connectivity index (χ4v) is 1.19. The highest BCUT2D eigenvalue weighted by Gasteiger charge is 2.24. The Bertz CT molecular complexity index is 212. The summed E-state index contributed by atoms with van der Waals surface area (Å²) in [5.74, 6) is 0.789. The Morgan fingerprint density at radius 3 is 2.67 bits per heavy atom. The molecule has 1 nitrogen and oxygen atoms in total. The molecule has 0 saturated heterocycles. The monoisotopic (exact) mass is 141 g/mol. The normalized spacial score (nSPS) is 18.3. The maximum Gasteiger partial charge on any atom is 0.106 e. The van der Waals surface area contributed by atoms with Crippen LogP contribution < -0.4 is 0 Å². The van der Waals surface area contributed by atoms with Crippen molar-refractivity contribution in [3.05, 3.63) is 23.0 Å². The number of hydrogen-bond acceptors (Lipinski definition) is 0. The highest BCUT2D eigenvalue weighted by Crippen LogP contribution is 2.39. The van der Waals surface area contributed by atoms with E-state index < -0.39 is 0 Å². The SMILES string of the molecule is Clc1ccc(C2CC2)[nH]1. The van der Waals surface area contributed by atoms with Crippen molar-refractivity contribution >= 4 is 11.6 Å². The van der Waals surface area contributed by atoms with Gasteiger partial charge < -0.3 is 4.98 Å². The van der Waals surface area contributed by atoms with Gasteiger partial charge in [0.15, 0.2) is 0 Å². The average Bonchev–Trinajstić information content (AvgIpc) is 2.58. The van der Waals surface area contributed by atoms with Crippen molar-refractivity contribution in [2.24, 2.45) is 0 Å². The highest BCUT2D eigenvalue weighted by molar-refractivity contribution is 6.29. The van der Waals surface area contributed by atoms with E-state index in [-0.39, 0.29) is 0 Å². The zero-order valence-electron chi connectivity index (χ0n) is 5.02. The lowest BCUT2D eigenvalue weighted by atomic mass is 10.3. The molecule has 0 amide bonds. The Hall–Kier alpha value is -0.430. The smallest absolute Gasteiger partial charge is 0.106 e. The van der Waals surface area contributed by atoms with E-state index >= 15 is 0 Å². The second kappa shape index (κ2) is 1.77. The molecule has 0 bridgehead atoms. The molecule has 0 aromatic carbocycles. The summed E-state index contributed by atoms with van der Waals surface area (Å²) in [6.07, 6.45) is 2.66. The minimum absolute atomic E-state index is 0.761. The van der Waals surface area contributed by atoms with Gasteiger partial charge in [0.1, 0.15) is 5.15 Å². The Morgan fingerprint density at radius 1 is 1.44 bits per heavy atom. The molecule has 2 heteroatoms. The van der Waals surface area contributed by atoms with E-state index in [0.717, 1.165) is 11.1 Å². The van der Waals surface area contributed by atoms with E-state index in [1.54, 1.807) is 0 Å². The summed E-state index contributed by atoms with van der Waals surface area (Å²) >= 11 is 5.68. The molecule has 0 unspecified atom stereocenters. The van der Waals surface area contributed by atoms with Crippen LogP contribution in [0, 0.1) is 0 Å². The van der Waals surface area contributed by atoms with Crippen LogP contribution in [-0.2, 0) is 0 Å². The summed E-state index contributed by atoms with van der Waals surface area (Å²) in [6.45, 7) is 0. The Kier molecular flexibility index (Phi) is 1.06. The lowest BCUT2D eigenvalue weighted by molar-refractivity contribution is 1.05. The fourth-order valence-electron chi connectivity index (χ4n) is 1.02. The predicted octanol–water partition coefficient (Wildman–Crippen LogP) is 2.55. The topological polar surface area (TPSA) is 15.8 Å². The van der Waals surface area contributed by atoms with Gasteiger partial charge in [0.25, 0.3) is 0 Å². The van der Waals surface area contributed by atoms with Gasteiger partial charge in [-0.2, -0.15) is 0 Å². The van der Waals surface area contributed by atoms with E-state index in [4.69, 9.17) is 11.6 Å². The zero-order valence-corrected chi connectivity index (χ0v) is 5.78. The lowest BCUT2D eigenvalue weighted by Crippen LogP contribution is -1.74. The van der Waals surface area contributed by atoms with Gasteiger partial charge in [-0.3, -0.25) is 0 Å². The molecule has 1 fully saturated rings. The third kappa shape index (κ3) is 0.969. The highest BCUT2D eigenvalue weighted by atomic mass is 35.5. The summed E-state index contributed by atoms with van der Waals surface area (Å²) in [5, 5.41) is 0.761. The summed E-state index contributed by atoms with van der Waals surface area (Å²) in [6, 6.07) is 3.98. The molecule has 1 aromatic rings. The first-order valence-corrected chi connectivity index (χ1v) is 3.58. The van der Waals surface area contributed by atoms with Crippen molar-refractivity contribution in [2.45, 2.75) is 18.8 Å². The summed E-state index contributed by atoms with van der Waals surface area (Å²) < 4.78 is 0. The van der Waals surface area contributed by atoms with Crippen molar-refractivity contribution in [2.75, 3.05) is 0 Å². The average molecular weight is 142 g/mol. The van der Waals surface area contributed by atoms with Crippen LogP contribution in [0.25, 0.3) is 0 Å². The van der Waals surface area contributed by atoms with Crippen molar-refractivity contribution in [1.29, 1.82) is 0 Å². The molecule has 0 radical (unpaired) electrons. The molecular weight excluding hydrogens is 134 g/mol. The van der Waals surface area contributed by atoms with E-state index in [1.165, 1.54) is 18.5 Å². The molecule has 1 saturated carbocycles. The zero-order chi connectivity index (χ0) is 6.27. The Labute approximate surface area is 59.0 Å². The molecule has 1 N–H and O–H groups in total. The quantitative estimate of drug-likeness (QED) is 0.619. The van der Waals surface area contributed by atoms with Crippen LogP contribution in [-0.4, -0.2) is 4.98 Å². The minimum Gasteiger partial charge on any atom is -0.349 e. The number of aromatic amines is 1. The molecular formula is C7H8ClN. The number of nitrogens with one attached hydrogen (secondary N) is 1. The molecule has 0 spiro atoms. The van der Waals surface area contributed by atoms with E-state index in [1.807, 2.05) is 6.07 Å².